The Morgan fingerprint density at radius 2 is 1.78 bits per heavy atom. The number of halogens is 2. The summed E-state index contributed by atoms with van der Waals surface area (Å²) in [4.78, 5) is 16.9. The van der Waals surface area contributed by atoms with Crippen LogP contribution in [0, 0.1) is 13.8 Å². The van der Waals surface area contributed by atoms with Crippen LogP contribution in [0.15, 0.2) is 41.8 Å². The Kier molecular flexibility index (Phi) is 6.05. The lowest BCUT2D eigenvalue weighted by Crippen LogP contribution is -2.30. The third-order valence-corrected chi connectivity index (χ3v) is 5.57. The number of hydrogen-bond acceptors (Lipinski definition) is 4. The van der Waals surface area contributed by atoms with Gasteiger partial charge in [0.25, 0.3) is 5.91 Å². The second kappa shape index (κ2) is 8.30. The molecular weight excluding hydrogens is 403 g/mol. The molecule has 3 aromatic rings. The summed E-state index contributed by atoms with van der Waals surface area (Å²) in [5.41, 5.74) is 3.54. The smallest absolute Gasteiger partial charge is 0.266 e. The fourth-order valence-electron chi connectivity index (χ4n) is 2.52. The number of carbonyl (C=O) groups is 1. The first-order valence-corrected chi connectivity index (χ1v) is 9.93. The molecule has 1 atom stereocenters. The van der Waals surface area contributed by atoms with Gasteiger partial charge in [0.2, 0.25) is 0 Å². The number of carbonyl (C=O) groups excluding carboxylic acids is 1. The number of nitrogens with one attached hydrogen (secondary N) is 1. The van der Waals surface area contributed by atoms with Crippen molar-refractivity contribution in [3.63, 3.8) is 0 Å². The first-order valence-electron chi connectivity index (χ1n) is 8.29. The third kappa shape index (κ3) is 4.80. The van der Waals surface area contributed by atoms with Gasteiger partial charge >= 0.3 is 0 Å². The molecule has 2 aromatic carbocycles. The van der Waals surface area contributed by atoms with Crippen molar-refractivity contribution in [3.8, 4) is 17.0 Å². The zero-order valence-electron chi connectivity index (χ0n) is 15.0. The summed E-state index contributed by atoms with van der Waals surface area (Å²) in [5.74, 6) is 0.343. The Morgan fingerprint density at radius 1 is 1.15 bits per heavy atom. The van der Waals surface area contributed by atoms with Crippen LogP contribution in [0.25, 0.3) is 11.3 Å². The molecule has 1 heterocycles. The van der Waals surface area contributed by atoms with Gasteiger partial charge in [-0.25, -0.2) is 4.98 Å². The van der Waals surface area contributed by atoms with Crippen molar-refractivity contribution in [2.45, 2.75) is 26.9 Å². The number of benzene rings is 2. The van der Waals surface area contributed by atoms with Gasteiger partial charge < -0.3 is 4.74 Å². The molecule has 1 aromatic heterocycles. The van der Waals surface area contributed by atoms with E-state index in [0.717, 1.165) is 22.4 Å². The highest BCUT2D eigenvalue weighted by molar-refractivity contribution is 7.14. The van der Waals surface area contributed by atoms with Gasteiger partial charge in [0.15, 0.2) is 11.2 Å². The number of hydrogen-bond donors (Lipinski definition) is 1. The Morgan fingerprint density at radius 3 is 2.41 bits per heavy atom. The highest BCUT2D eigenvalue weighted by atomic mass is 35.5. The van der Waals surface area contributed by atoms with Crippen LogP contribution in [0.3, 0.4) is 0 Å². The Hall–Kier alpha value is -2.08. The normalized spacial score (nSPS) is 11.9. The van der Waals surface area contributed by atoms with Crippen LogP contribution in [-0.4, -0.2) is 17.0 Å². The zero-order valence-corrected chi connectivity index (χ0v) is 17.4. The van der Waals surface area contributed by atoms with Gasteiger partial charge in [-0.15, -0.1) is 11.3 Å². The second-order valence-electron chi connectivity index (χ2n) is 6.17. The molecule has 0 radical (unpaired) electrons. The molecule has 0 aliphatic rings. The van der Waals surface area contributed by atoms with Crippen LogP contribution in [0.2, 0.25) is 10.0 Å². The molecular formula is C20H18Cl2N2O2S. The first kappa shape index (κ1) is 19.7. The molecule has 0 bridgehead atoms. The summed E-state index contributed by atoms with van der Waals surface area (Å²) in [6.45, 7) is 5.50. The fraction of sp³-hybridized carbons (Fsp3) is 0.200. The molecule has 0 aliphatic carbocycles. The molecule has 0 fully saturated rings. The topological polar surface area (TPSA) is 51.2 Å². The van der Waals surface area contributed by atoms with Crippen molar-refractivity contribution in [1.82, 2.24) is 4.98 Å². The molecule has 1 amide bonds. The largest absolute Gasteiger partial charge is 0.481 e. The van der Waals surface area contributed by atoms with E-state index in [-0.39, 0.29) is 5.91 Å². The molecule has 3 rings (SSSR count). The molecule has 1 N–H and O–H groups in total. The van der Waals surface area contributed by atoms with Crippen molar-refractivity contribution in [2.24, 2.45) is 0 Å². The molecule has 0 spiro atoms. The predicted octanol–water partition coefficient (Wildman–Crippen LogP) is 6.14. The quantitative estimate of drug-likeness (QED) is 0.538. The zero-order chi connectivity index (χ0) is 19.6. The molecule has 1 unspecified atom stereocenters. The number of amides is 1. The lowest BCUT2D eigenvalue weighted by Gasteiger charge is -2.15. The highest BCUT2D eigenvalue weighted by Gasteiger charge is 2.17. The average molecular weight is 421 g/mol. The second-order valence-corrected chi connectivity index (χ2v) is 7.84. The molecule has 0 aliphatic heterocycles. The lowest BCUT2D eigenvalue weighted by molar-refractivity contribution is -0.122. The van der Waals surface area contributed by atoms with Crippen molar-refractivity contribution in [3.05, 3.63) is 63.0 Å². The Labute approximate surface area is 172 Å². The van der Waals surface area contributed by atoms with Gasteiger partial charge in [0.1, 0.15) is 5.75 Å². The van der Waals surface area contributed by atoms with Gasteiger partial charge in [-0.3, -0.25) is 10.1 Å². The summed E-state index contributed by atoms with van der Waals surface area (Å²) < 4.78 is 5.76. The highest BCUT2D eigenvalue weighted by Crippen LogP contribution is 2.28. The van der Waals surface area contributed by atoms with E-state index in [1.165, 1.54) is 11.3 Å². The lowest BCUT2D eigenvalue weighted by atomic mass is 10.1. The third-order valence-electron chi connectivity index (χ3n) is 3.97. The summed E-state index contributed by atoms with van der Waals surface area (Å²) in [6.07, 6.45) is -0.673. The Balaban J connectivity index is 1.66. The van der Waals surface area contributed by atoms with E-state index < -0.39 is 6.10 Å². The van der Waals surface area contributed by atoms with E-state index in [0.29, 0.717) is 20.9 Å². The van der Waals surface area contributed by atoms with Crippen LogP contribution in [0.1, 0.15) is 18.1 Å². The number of rotatable bonds is 5. The monoisotopic (exact) mass is 420 g/mol. The maximum Gasteiger partial charge on any atom is 0.266 e. The van der Waals surface area contributed by atoms with Gasteiger partial charge in [-0.1, -0.05) is 35.3 Å². The molecule has 7 heteroatoms. The SMILES string of the molecule is Cc1cc(OC(C)C(=O)Nc2nc(-c3ccc(Cl)cc3)cs2)cc(C)c1Cl. The first-order chi connectivity index (χ1) is 12.8. The Bertz CT molecular complexity index is 947. The number of nitrogens with zero attached hydrogens (tertiary/aromatic N) is 1. The van der Waals surface area contributed by atoms with Crippen LogP contribution in [0.5, 0.6) is 5.75 Å². The number of aryl methyl sites for hydroxylation is 2. The minimum Gasteiger partial charge on any atom is -0.481 e. The molecule has 0 saturated carbocycles. The maximum atomic E-state index is 12.4. The number of ether oxygens (including phenoxy) is 1. The maximum absolute atomic E-state index is 12.4. The number of anilines is 1. The van der Waals surface area contributed by atoms with E-state index in [1.807, 2.05) is 43.5 Å². The predicted molar refractivity (Wildman–Crippen MR) is 112 cm³/mol. The van der Waals surface area contributed by atoms with Crippen molar-refractivity contribution < 1.29 is 9.53 Å². The molecule has 27 heavy (non-hydrogen) atoms. The van der Waals surface area contributed by atoms with E-state index in [2.05, 4.69) is 10.3 Å². The number of thiazole rings is 1. The van der Waals surface area contributed by atoms with E-state index in [9.17, 15) is 4.79 Å². The summed E-state index contributed by atoms with van der Waals surface area (Å²) in [5, 5.41) is 6.57. The van der Waals surface area contributed by atoms with Gasteiger partial charge in [-0.05, 0) is 56.2 Å². The van der Waals surface area contributed by atoms with Crippen molar-refractivity contribution in [1.29, 1.82) is 0 Å². The van der Waals surface area contributed by atoms with Crippen LogP contribution in [0.4, 0.5) is 5.13 Å². The average Bonchev–Trinajstić information content (AvgIpc) is 3.08. The summed E-state index contributed by atoms with van der Waals surface area (Å²) >= 11 is 13.4. The summed E-state index contributed by atoms with van der Waals surface area (Å²) in [7, 11) is 0. The van der Waals surface area contributed by atoms with Gasteiger partial charge in [-0.2, -0.15) is 0 Å². The number of aromatic nitrogens is 1. The van der Waals surface area contributed by atoms with E-state index >= 15 is 0 Å². The molecule has 140 valence electrons. The minimum absolute atomic E-state index is 0.266. The minimum atomic E-state index is -0.673. The van der Waals surface area contributed by atoms with Gasteiger partial charge in [0.05, 0.1) is 5.69 Å². The standard InChI is InChI=1S/C20H18Cl2N2O2S/c1-11-8-16(9-12(2)18(11)22)26-13(3)19(25)24-20-23-17(10-27-20)14-4-6-15(21)7-5-14/h4-10,13H,1-3H3,(H,23,24,25). The van der Waals surface area contributed by atoms with Crippen LogP contribution < -0.4 is 10.1 Å². The fourth-order valence-corrected chi connectivity index (χ4v) is 3.48. The van der Waals surface area contributed by atoms with Crippen molar-refractivity contribution >= 4 is 45.6 Å². The molecule has 0 saturated heterocycles. The van der Waals surface area contributed by atoms with Crippen LogP contribution in [-0.2, 0) is 4.79 Å². The van der Waals surface area contributed by atoms with Gasteiger partial charge in [0, 0.05) is 21.0 Å². The van der Waals surface area contributed by atoms with E-state index in [1.54, 1.807) is 19.1 Å². The van der Waals surface area contributed by atoms with Crippen LogP contribution >= 0.6 is 34.5 Å². The summed E-state index contributed by atoms with van der Waals surface area (Å²) in [6, 6.07) is 11.0. The van der Waals surface area contributed by atoms with E-state index in [4.69, 9.17) is 27.9 Å². The van der Waals surface area contributed by atoms with Crippen molar-refractivity contribution in [2.75, 3.05) is 5.32 Å². The molecule has 4 nitrogen and oxygen atoms in total.